The Morgan fingerprint density at radius 3 is 2.16 bits per heavy atom. The van der Waals surface area contributed by atoms with Crippen LogP contribution in [0.25, 0.3) is 0 Å². The van der Waals surface area contributed by atoms with Crippen molar-refractivity contribution in [2.24, 2.45) is 5.73 Å². The minimum absolute atomic E-state index is 0.294. The first kappa shape index (κ1) is 19.0. The van der Waals surface area contributed by atoms with Crippen LogP contribution < -0.4 is 11.1 Å². The zero-order chi connectivity index (χ0) is 18.7. The first-order chi connectivity index (χ1) is 11.7. The van der Waals surface area contributed by atoms with E-state index in [0.29, 0.717) is 38.8 Å². The summed E-state index contributed by atoms with van der Waals surface area (Å²) in [5.74, 6) is -1.84. The van der Waals surface area contributed by atoms with E-state index in [1.54, 1.807) is 0 Å². The summed E-state index contributed by atoms with van der Waals surface area (Å²) in [6.07, 6.45) is -0.294. The number of aliphatic hydroxyl groups is 1. The average molecular weight is 356 g/mol. The molecule has 0 aromatic rings. The summed E-state index contributed by atoms with van der Waals surface area (Å²) in [6, 6.07) is -2.83. The summed E-state index contributed by atoms with van der Waals surface area (Å²) in [5, 5.41) is 21.1. The van der Waals surface area contributed by atoms with Crippen LogP contribution in [0.3, 0.4) is 0 Å². The van der Waals surface area contributed by atoms with Gasteiger partial charge in [-0.1, -0.05) is 0 Å². The van der Waals surface area contributed by atoms with Crippen LogP contribution in [0.2, 0.25) is 0 Å². The number of nitrogens with zero attached hydrogens (tertiary/aromatic N) is 2. The molecule has 0 saturated carbocycles. The van der Waals surface area contributed by atoms with Crippen molar-refractivity contribution in [2.45, 2.75) is 56.8 Å². The highest BCUT2D eigenvalue weighted by molar-refractivity contribution is 5.94. The van der Waals surface area contributed by atoms with E-state index in [1.165, 1.54) is 11.8 Å². The summed E-state index contributed by atoms with van der Waals surface area (Å²) in [6.45, 7) is 1.97. The molecule has 2 aliphatic rings. The molecular formula is C15H24N4O6. The zero-order valence-electron chi connectivity index (χ0n) is 14.1. The lowest BCUT2D eigenvalue weighted by molar-refractivity contribution is -0.142. The fourth-order valence-electron chi connectivity index (χ4n) is 3.43. The molecule has 0 aromatic carbocycles. The molecule has 2 saturated heterocycles. The Labute approximate surface area is 144 Å². The van der Waals surface area contributed by atoms with Gasteiger partial charge in [0.2, 0.25) is 17.7 Å². The van der Waals surface area contributed by atoms with Crippen LogP contribution in [-0.4, -0.2) is 81.1 Å². The lowest BCUT2D eigenvalue weighted by Gasteiger charge is -2.30. The number of aliphatic hydroxyl groups excluding tert-OH is 1. The van der Waals surface area contributed by atoms with Gasteiger partial charge in [-0.15, -0.1) is 0 Å². The Morgan fingerprint density at radius 2 is 1.64 bits per heavy atom. The van der Waals surface area contributed by atoms with Crippen LogP contribution in [0, 0.1) is 0 Å². The molecule has 10 heteroatoms. The van der Waals surface area contributed by atoms with Gasteiger partial charge in [-0.05, 0) is 32.6 Å². The summed E-state index contributed by atoms with van der Waals surface area (Å²) >= 11 is 0. The van der Waals surface area contributed by atoms with Gasteiger partial charge in [-0.3, -0.25) is 19.3 Å². The number of primary amides is 1. The van der Waals surface area contributed by atoms with Gasteiger partial charge >= 0.3 is 6.09 Å². The van der Waals surface area contributed by atoms with Gasteiger partial charge in [0.25, 0.3) is 0 Å². The average Bonchev–Trinajstić information content (AvgIpc) is 3.19. The van der Waals surface area contributed by atoms with E-state index in [9.17, 15) is 29.4 Å². The predicted molar refractivity (Wildman–Crippen MR) is 85.3 cm³/mol. The SMILES string of the molecule is C[C@@H](O)[C@H](NC(=O)[C@H]1CCCN1C(=O)[C@@H]1CCCN1C(=O)O)C(N)=O. The summed E-state index contributed by atoms with van der Waals surface area (Å²) in [7, 11) is 0. The lowest BCUT2D eigenvalue weighted by atomic mass is 10.1. The second-order valence-corrected chi connectivity index (χ2v) is 6.45. The third-order valence-corrected chi connectivity index (χ3v) is 4.71. The van der Waals surface area contributed by atoms with Crippen molar-refractivity contribution in [3.63, 3.8) is 0 Å². The first-order valence-electron chi connectivity index (χ1n) is 8.31. The van der Waals surface area contributed by atoms with Gasteiger partial charge in [-0.25, -0.2) is 4.79 Å². The van der Waals surface area contributed by atoms with E-state index in [2.05, 4.69) is 5.32 Å². The maximum Gasteiger partial charge on any atom is 0.407 e. The quantitative estimate of drug-likeness (QED) is 0.469. The Balaban J connectivity index is 2.08. The maximum atomic E-state index is 12.7. The van der Waals surface area contributed by atoms with Gasteiger partial charge in [-0.2, -0.15) is 0 Å². The number of hydrogen-bond donors (Lipinski definition) is 4. The Kier molecular flexibility index (Phi) is 5.83. The van der Waals surface area contributed by atoms with Crippen LogP contribution in [0.15, 0.2) is 0 Å². The molecule has 10 nitrogen and oxygen atoms in total. The van der Waals surface area contributed by atoms with E-state index in [1.807, 2.05) is 0 Å². The molecule has 0 bridgehead atoms. The largest absolute Gasteiger partial charge is 0.465 e. The van der Waals surface area contributed by atoms with Crippen LogP contribution >= 0.6 is 0 Å². The third-order valence-electron chi connectivity index (χ3n) is 4.71. The highest BCUT2D eigenvalue weighted by atomic mass is 16.4. The number of rotatable bonds is 5. The summed E-state index contributed by atoms with van der Waals surface area (Å²) in [5.41, 5.74) is 5.16. The fourth-order valence-corrected chi connectivity index (χ4v) is 3.43. The van der Waals surface area contributed by atoms with Crippen LogP contribution in [0.1, 0.15) is 32.6 Å². The number of carbonyl (C=O) groups is 4. The van der Waals surface area contributed by atoms with Gasteiger partial charge in [0.15, 0.2) is 0 Å². The van der Waals surface area contributed by atoms with E-state index < -0.39 is 48.0 Å². The summed E-state index contributed by atoms with van der Waals surface area (Å²) in [4.78, 5) is 50.2. The third kappa shape index (κ3) is 4.01. The van der Waals surface area contributed by atoms with Crippen molar-refractivity contribution in [3.05, 3.63) is 0 Å². The molecule has 0 aromatic heterocycles. The van der Waals surface area contributed by atoms with Crippen molar-refractivity contribution in [1.29, 1.82) is 0 Å². The minimum atomic E-state index is -1.24. The van der Waals surface area contributed by atoms with E-state index in [-0.39, 0.29) is 0 Å². The molecule has 140 valence electrons. The molecule has 4 amide bonds. The van der Waals surface area contributed by atoms with Crippen LogP contribution in [-0.2, 0) is 14.4 Å². The molecule has 0 aliphatic carbocycles. The van der Waals surface area contributed by atoms with Crippen molar-refractivity contribution >= 4 is 23.8 Å². The van der Waals surface area contributed by atoms with E-state index >= 15 is 0 Å². The van der Waals surface area contributed by atoms with Crippen molar-refractivity contribution < 1.29 is 29.4 Å². The van der Waals surface area contributed by atoms with Crippen molar-refractivity contribution in [2.75, 3.05) is 13.1 Å². The Hall–Kier alpha value is -2.36. The molecule has 4 atom stereocenters. The van der Waals surface area contributed by atoms with Crippen LogP contribution in [0.5, 0.6) is 0 Å². The molecule has 0 spiro atoms. The van der Waals surface area contributed by atoms with E-state index in [0.717, 1.165) is 4.90 Å². The second kappa shape index (κ2) is 7.68. The number of amides is 4. The van der Waals surface area contributed by atoms with Gasteiger partial charge in [0.1, 0.15) is 18.1 Å². The normalized spacial score (nSPS) is 25.5. The first-order valence-corrected chi connectivity index (χ1v) is 8.31. The standard InChI is InChI=1S/C15H24N4O6/c1-8(20)11(12(16)21)17-13(22)9-4-2-6-18(9)14(23)10-5-3-7-19(10)15(24)25/h8-11,20H,2-7H2,1H3,(H2,16,21)(H,17,22)(H,24,25)/t8-,9-,10+,11+/m1/s1. The van der Waals surface area contributed by atoms with Crippen LogP contribution in [0.4, 0.5) is 4.79 Å². The van der Waals surface area contributed by atoms with E-state index in [4.69, 9.17) is 5.73 Å². The molecule has 2 fully saturated rings. The second-order valence-electron chi connectivity index (χ2n) is 6.45. The molecule has 0 unspecified atom stereocenters. The predicted octanol–water partition coefficient (Wildman–Crippen LogP) is -1.53. The number of nitrogens with two attached hydrogens (primary N) is 1. The number of carboxylic acid groups (broad SMARTS) is 1. The number of likely N-dealkylation sites (tertiary alicyclic amines) is 2. The van der Waals surface area contributed by atoms with Crippen molar-refractivity contribution in [3.8, 4) is 0 Å². The Bertz CT molecular complexity index is 566. The molecule has 2 rings (SSSR count). The monoisotopic (exact) mass is 356 g/mol. The molecule has 0 radical (unpaired) electrons. The highest BCUT2D eigenvalue weighted by Crippen LogP contribution is 2.25. The molecule has 5 N–H and O–H groups in total. The maximum absolute atomic E-state index is 12.7. The van der Waals surface area contributed by atoms with Gasteiger partial charge in [0, 0.05) is 13.1 Å². The van der Waals surface area contributed by atoms with Gasteiger partial charge in [0.05, 0.1) is 6.10 Å². The topological polar surface area (TPSA) is 153 Å². The summed E-state index contributed by atoms with van der Waals surface area (Å²) < 4.78 is 0. The molecule has 2 heterocycles. The molecular weight excluding hydrogens is 332 g/mol. The minimum Gasteiger partial charge on any atom is -0.465 e. The fraction of sp³-hybridized carbons (Fsp3) is 0.733. The smallest absolute Gasteiger partial charge is 0.407 e. The number of hydrogen-bond acceptors (Lipinski definition) is 5. The van der Waals surface area contributed by atoms with Crippen molar-refractivity contribution in [1.82, 2.24) is 15.1 Å². The zero-order valence-corrected chi connectivity index (χ0v) is 14.1. The Morgan fingerprint density at radius 1 is 1.08 bits per heavy atom. The molecule has 25 heavy (non-hydrogen) atoms. The van der Waals surface area contributed by atoms with Gasteiger partial charge < -0.3 is 26.2 Å². The number of carbonyl (C=O) groups excluding carboxylic acids is 3. The lowest BCUT2D eigenvalue weighted by Crippen LogP contribution is -2.57. The number of nitrogens with one attached hydrogen (secondary N) is 1. The molecule has 2 aliphatic heterocycles. The highest BCUT2D eigenvalue weighted by Gasteiger charge is 2.42.